The van der Waals surface area contributed by atoms with Gasteiger partial charge in [-0.1, -0.05) is 18.7 Å². The quantitative estimate of drug-likeness (QED) is 0.810. The van der Waals surface area contributed by atoms with E-state index in [4.69, 9.17) is 0 Å². The number of carbonyl (C=O) groups is 1. The molecule has 0 unspecified atom stereocenters. The van der Waals surface area contributed by atoms with Crippen LogP contribution in [0.2, 0.25) is 0 Å². The highest BCUT2D eigenvalue weighted by atomic mass is 19.4. The molecule has 0 amide bonds. The number of hydrogen-bond acceptors (Lipinski definition) is 4. The third-order valence-corrected chi connectivity index (χ3v) is 2.91. The highest BCUT2D eigenvalue weighted by Crippen LogP contribution is 2.28. The van der Waals surface area contributed by atoms with E-state index >= 15 is 0 Å². The summed E-state index contributed by atoms with van der Waals surface area (Å²) in [6, 6.07) is 6.18. The maximum Gasteiger partial charge on any atom is 0.452 e. The molecular formula is C15H12F3N3O2. The molecule has 0 saturated heterocycles. The number of alkyl halides is 3. The van der Waals surface area contributed by atoms with Gasteiger partial charge in [-0.25, -0.2) is 4.79 Å². The van der Waals surface area contributed by atoms with Crippen molar-refractivity contribution in [3.05, 3.63) is 53.6 Å². The Morgan fingerprint density at radius 1 is 1.26 bits per heavy atom. The molecule has 0 spiro atoms. The smallest absolute Gasteiger partial charge is 0.452 e. The molecule has 0 N–H and O–H groups in total. The van der Waals surface area contributed by atoms with Gasteiger partial charge in [0.15, 0.2) is 5.82 Å². The molecule has 0 aliphatic heterocycles. The summed E-state index contributed by atoms with van der Waals surface area (Å²) in [6.45, 7) is 3.41. The van der Waals surface area contributed by atoms with E-state index in [1.54, 1.807) is 12.1 Å². The molecule has 5 nitrogen and oxygen atoms in total. The Morgan fingerprint density at radius 3 is 2.43 bits per heavy atom. The van der Waals surface area contributed by atoms with Crippen molar-refractivity contribution in [2.24, 2.45) is 0 Å². The molecule has 120 valence electrons. The van der Waals surface area contributed by atoms with Crippen LogP contribution in [0.5, 0.6) is 0 Å². The monoisotopic (exact) mass is 323 g/mol. The van der Waals surface area contributed by atoms with Gasteiger partial charge in [-0.2, -0.15) is 13.2 Å². The van der Waals surface area contributed by atoms with Crippen molar-refractivity contribution < 1.29 is 22.7 Å². The molecule has 0 aliphatic rings. The number of carbonyl (C=O) groups excluding carboxylic acids is 1. The lowest BCUT2D eigenvalue weighted by atomic mass is 10.1. The van der Waals surface area contributed by atoms with Crippen molar-refractivity contribution in [2.45, 2.75) is 6.18 Å². The molecule has 1 aromatic carbocycles. The van der Waals surface area contributed by atoms with Crippen LogP contribution in [0, 0.1) is 0 Å². The molecule has 8 heteroatoms. The first-order valence-electron chi connectivity index (χ1n) is 6.38. The van der Waals surface area contributed by atoms with Crippen molar-refractivity contribution in [2.75, 3.05) is 7.11 Å². The van der Waals surface area contributed by atoms with E-state index in [-0.39, 0.29) is 5.82 Å². The molecule has 1 aromatic heterocycles. The van der Waals surface area contributed by atoms with E-state index in [1.807, 2.05) is 0 Å². The van der Waals surface area contributed by atoms with Crippen molar-refractivity contribution in [3.63, 3.8) is 0 Å². The van der Waals surface area contributed by atoms with Crippen LogP contribution in [0.15, 0.2) is 30.8 Å². The second-order valence-corrected chi connectivity index (χ2v) is 4.38. The van der Waals surface area contributed by atoms with Gasteiger partial charge in [0.2, 0.25) is 5.82 Å². The van der Waals surface area contributed by atoms with E-state index in [2.05, 4.69) is 21.5 Å². The minimum absolute atomic E-state index is 0.0280. The summed E-state index contributed by atoms with van der Waals surface area (Å²) in [5.74, 6) is -1.66. The lowest BCUT2D eigenvalue weighted by molar-refractivity contribution is -0.145. The molecule has 2 aromatic rings. The predicted octanol–water partition coefficient (Wildman–Crippen LogP) is 3.35. The molecule has 0 saturated carbocycles. The summed E-state index contributed by atoms with van der Waals surface area (Å²) < 4.78 is 43.9. The van der Waals surface area contributed by atoms with Gasteiger partial charge in [0.1, 0.15) is 0 Å². The van der Waals surface area contributed by atoms with E-state index in [1.165, 1.54) is 37.6 Å². The van der Waals surface area contributed by atoms with Gasteiger partial charge < -0.3 is 4.74 Å². The Balaban J connectivity index is 2.31. The van der Waals surface area contributed by atoms with Gasteiger partial charge in [-0.05, 0) is 29.8 Å². The standard InChI is InChI=1S/C15H12F3N3O2/c1-3-12-19-20-14(15(16,17)18)21(12)9-8-10-4-6-11(7-5-10)13(22)23-2/h3-9H,1H2,2H3/b9-8+. The number of nitrogens with zero attached hydrogens (tertiary/aromatic N) is 3. The zero-order chi connectivity index (χ0) is 17.0. The Bertz CT molecular complexity index is 746. The van der Waals surface area contributed by atoms with E-state index in [0.717, 1.165) is 4.57 Å². The topological polar surface area (TPSA) is 57.0 Å². The number of hydrogen-bond donors (Lipinski definition) is 0. The number of esters is 1. The van der Waals surface area contributed by atoms with Crippen LogP contribution in [0.4, 0.5) is 13.2 Å². The van der Waals surface area contributed by atoms with Gasteiger partial charge in [0, 0.05) is 6.20 Å². The fourth-order valence-electron chi connectivity index (χ4n) is 1.79. The molecular weight excluding hydrogens is 311 g/mol. The van der Waals surface area contributed by atoms with Crippen LogP contribution in [-0.2, 0) is 10.9 Å². The van der Waals surface area contributed by atoms with Crippen LogP contribution in [0.1, 0.15) is 27.6 Å². The largest absolute Gasteiger partial charge is 0.465 e. The maximum absolute atomic E-state index is 12.9. The number of halogens is 3. The van der Waals surface area contributed by atoms with Crippen molar-refractivity contribution in [3.8, 4) is 0 Å². The fraction of sp³-hybridized carbons (Fsp3) is 0.133. The number of aromatic nitrogens is 3. The second-order valence-electron chi connectivity index (χ2n) is 4.38. The molecule has 23 heavy (non-hydrogen) atoms. The molecule has 2 rings (SSSR count). The van der Waals surface area contributed by atoms with E-state index in [9.17, 15) is 18.0 Å². The van der Waals surface area contributed by atoms with Crippen LogP contribution in [-0.4, -0.2) is 27.8 Å². The summed E-state index contributed by atoms with van der Waals surface area (Å²) in [5, 5.41) is 6.55. The summed E-state index contributed by atoms with van der Waals surface area (Å²) in [4.78, 5) is 11.3. The highest BCUT2D eigenvalue weighted by molar-refractivity contribution is 5.89. The van der Waals surface area contributed by atoms with Gasteiger partial charge in [0.25, 0.3) is 0 Å². The van der Waals surface area contributed by atoms with Crippen molar-refractivity contribution >= 4 is 24.3 Å². The minimum atomic E-state index is -4.63. The third-order valence-electron chi connectivity index (χ3n) is 2.91. The van der Waals surface area contributed by atoms with Crippen LogP contribution >= 0.6 is 0 Å². The van der Waals surface area contributed by atoms with Crippen LogP contribution in [0.25, 0.3) is 18.4 Å². The summed E-state index contributed by atoms with van der Waals surface area (Å²) in [6.07, 6.45) is -0.833. The van der Waals surface area contributed by atoms with Gasteiger partial charge in [-0.15, -0.1) is 10.2 Å². The number of ether oxygens (including phenoxy) is 1. The highest BCUT2D eigenvalue weighted by Gasteiger charge is 2.37. The first kappa shape index (κ1) is 16.5. The summed E-state index contributed by atoms with van der Waals surface area (Å²) >= 11 is 0. The predicted molar refractivity (Wildman–Crippen MR) is 78.1 cm³/mol. The number of methoxy groups -OCH3 is 1. The molecule has 0 radical (unpaired) electrons. The van der Waals surface area contributed by atoms with Gasteiger partial charge >= 0.3 is 12.1 Å². The van der Waals surface area contributed by atoms with Crippen molar-refractivity contribution in [1.82, 2.24) is 14.8 Å². The zero-order valence-corrected chi connectivity index (χ0v) is 12.0. The second kappa shape index (κ2) is 6.47. The maximum atomic E-state index is 12.9. The average Bonchev–Trinajstić information content (AvgIpc) is 2.95. The third kappa shape index (κ3) is 3.65. The Hall–Kier alpha value is -2.90. The molecule has 1 heterocycles. The minimum Gasteiger partial charge on any atom is -0.465 e. The Kier molecular flexibility index (Phi) is 4.63. The number of benzene rings is 1. The molecule has 0 fully saturated rings. The van der Waals surface area contributed by atoms with E-state index < -0.39 is 18.0 Å². The van der Waals surface area contributed by atoms with Crippen molar-refractivity contribution in [1.29, 1.82) is 0 Å². The summed E-state index contributed by atoms with van der Waals surface area (Å²) in [7, 11) is 1.26. The lowest BCUT2D eigenvalue weighted by Crippen LogP contribution is -2.12. The first-order valence-corrected chi connectivity index (χ1v) is 6.38. The Morgan fingerprint density at radius 2 is 1.91 bits per heavy atom. The van der Waals surface area contributed by atoms with Crippen LogP contribution < -0.4 is 0 Å². The number of rotatable bonds is 4. The lowest BCUT2D eigenvalue weighted by Gasteiger charge is -2.06. The van der Waals surface area contributed by atoms with Gasteiger partial charge in [0.05, 0.1) is 12.7 Å². The zero-order valence-electron chi connectivity index (χ0n) is 12.0. The Labute approximate surface area is 129 Å². The normalized spacial score (nSPS) is 11.7. The van der Waals surface area contributed by atoms with E-state index in [0.29, 0.717) is 11.1 Å². The molecule has 0 bridgehead atoms. The average molecular weight is 323 g/mol. The van der Waals surface area contributed by atoms with Crippen LogP contribution in [0.3, 0.4) is 0 Å². The SMILES string of the molecule is C=Cc1nnc(C(F)(F)F)n1/C=C/c1ccc(C(=O)OC)cc1. The van der Waals surface area contributed by atoms with Gasteiger partial charge in [-0.3, -0.25) is 4.57 Å². The molecule has 0 atom stereocenters. The molecule has 0 aliphatic carbocycles. The first-order chi connectivity index (χ1) is 10.9. The summed E-state index contributed by atoms with van der Waals surface area (Å²) in [5.41, 5.74) is 0.936. The fourth-order valence-corrected chi connectivity index (χ4v) is 1.79.